The van der Waals surface area contributed by atoms with Crippen molar-refractivity contribution in [3.63, 3.8) is 0 Å². The minimum absolute atomic E-state index is 0.101. The number of hydrogen-bond donors (Lipinski definition) is 1. The molecule has 5 heteroatoms. The highest BCUT2D eigenvalue weighted by molar-refractivity contribution is 7.89. The molecule has 1 atom stereocenters. The number of sulfonamides is 1. The fourth-order valence-corrected chi connectivity index (χ4v) is 3.71. The normalized spacial score (nSPS) is 13.0. The van der Waals surface area contributed by atoms with Crippen LogP contribution in [0.1, 0.15) is 43.7 Å². The lowest BCUT2D eigenvalue weighted by Crippen LogP contribution is -2.27. The van der Waals surface area contributed by atoms with E-state index < -0.39 is 10.0 Å². The molecule has 0 saturated heterocycles. The Balaban J connectivity index is 2.17. The van der Waals surface area contributed by atoms with Crippen molar-refractivity contribution in [1.29, 1.82) is 0 Å². The van der Waals surface area contributed by atoms with E-state index in [1.54, 1.807) is 25.3 Å². The van der Waals surface area contributed by atoms with Gasteiger partial charge in [0.1, 0.15) is 5.75 Å². The summed E-state index contributed by atoms with van der Waals surface area (Å²) < 4.78 is 33.2. The second kappa shape index (κ2) is 7.81. The quantitative estimate of drug-likeness (QED) is 0.826. The van der Waals surface area contributed by atoms with Crippen LogP contribution < -0.4 is 9.46 Å². The van der Waals surface area contributed by atoms with Crippen molar-refractivity contribution in [2.45, 2.75) is 37.5 Å². The van der Waals surface area contributed by atoms with E-state index in [1.165, 1.54) is 0 Å². The van der Waals surface area contributed by atoms with Gasteiger partial charge in [0.15, 0.2) is 0 Å². The fourth-order valence-electron chi connectivity index (χ4n) is 2.55. The zero-order valence-corrected chi connectivity index (χ0v) is 15.4. The van der Waals surface area contributed by atoms with Crippen LogP contribution in [0.2, 0.25) is 0 Å². The molecule has 0 spiro atoms. The van der Waals surface area contributed by atoms with Crippen LogP contribution in [-0.2, 0) is 10.0 Å². The van der Waals surface area contributed by atoms with E-state index in [0.717, 1.165) is 11.1 Å². The SMILES string of the molecule is COc1ccc(S(=O)(=O)NCC(C)c2ccccc2)cc1C(C)C. The molecule has 1 N–H and O–H groups in total. The summed E-state index contributed by atoms with van der Waals surface area (Å²) in [6, 6.07) is 14.9. The average molecular weight is 347 g/mol. The summed E-state index contributed by atoms with van der Waals surface area (Å²) in [4.78, 5) is 0.271. The third kappa shape index (κ3) is 4.36. The number of hydrogen-bond acceptors (Lipinski definition) is 3. The number of methoxy groups -OCH3 is 1. The Kier molecular flexibility index (Phi) is 6.02. The number of ether oxygens (including phenoxy) is 1. The van der Waals surface area contributed by atoms with Gasteiger partial charge in [0.25, 0.3) is 0 Å². The summed E-state index contributed by atoms with van der Waals surface area (Å²) >= 11 is 0. The molecule has 0 saturated carbocycles. The van der Waals surface area contributed by atoms with Gasteiger partial charge in [0, 0.05) is 6.54 Å². The molecule has 0 aliphatic carbocycles. The summed E-state index contributed by atoms with van der Waals surface area (Å²) in [5.74, 6) is 0.990. The molecule has 2 aromatic rings. The summed E-state index contributed by atoms with van der Waals surface area (Å²) in [5.41, 5.74) is 1.99. The first-order chi connectivity index (χ1) is 11.3. The molecule has 4 nitrogen and oxygen atoms in total. The molecule has 0 aliphatic rings. The lowest BCUT2D eigenvalue weighted by Gasteiger charge is -2.16. The van der Waals surface area contributed by atoms with Crippen LogP contribution in [0.4, 0.5) is 0 Å². The first-order valence-corrected chi connectivity index (χ1v) is 9.56. The topological polar surface area (TPSA) is 55.4 Å². The zero-order chi connectivity index (χ0) is 17.7. The van der Waals surface area contributed by atoms with E-state index in [9.17, 15) is 8.42 Å². The molecule has 0 aromatic heterocycles. The smallest absolute Gasteiger partial charge is 0.240 e. The van der Waals surface area contributed by atoms with E-state index in [0.29, 0.717) is 12.3 Å². The summed E-state index contributed by atoms with van der Waals surface area (Å²) in [6.07, 6.45) is 0. The van der Waals surface area contributed by atoms with Gasteiger partial charge in [-0.1, -0.05) is 51.1 Å². The summed E-state index contributed by atoms with van der Waals surface area (Å²) in [5, 5.41) is 0. The van der Waals surface area contributed by atoms with Gasteiger partial charge in [0.2, 0.25) is 10.0 Å². The van der Waals surface area contributed by atoms with Crippen molar-refractivity contribution in [2.24, 2.45) is 0 Å². The van der Waals surface area contributed by atoms with Crippen LogP contribution in [0.15, 0.2) is 53.4 Å². The molecule has 0 bridgehead atoms. The van der Waals surface area contributed by atoms with E-state index in [-0.39, 0.29) is 16.7 Å². The number of nitrogens with one attached hydrogen (secondary N) is 1. The Morgan fingerprint density at radius 1 is 1.04 bits per heavy atom. The third-order valence-electron chi connectivity index (χ3n) is 4.08. The lowest BCUT2D eigenvalue weighted by atomic mass is 10.0. The van der Waals surface area contributed by atoms with Gasteiger partial charge >= 0.3 is 0 Å². The molecule has 2 rings (SSSR count). The Morgan fingerprint density at radius 2 is 1.71 bits per heavy atom. The second-order valence-corrected chi connectivity index (χ2v) is 7.99. The van der Waals surface area contributed by atoms with Gasteiger partial charge in [-0.2, -0.15) is 0 Å². The second-order valence-electron chi connectivity index (χ2n) is 6.22. The summed E-state index contributed by atoms with van der Waals surface area (Å²) in [6.45, 7) is 6.39. The van der Waals surface area contributed by atoms with Crippen LogP contribution in [0, 0.1) is 0 Å². The molecule has 130 valence electrons. The molecular formula is C19H25NO3S. The van der Waals surface area contributed by atoms with Gasteiger partial charge in [-0.05, 0) is 41.2 Å². The standard InChI is InChI=1S/C19H25NO3S/c1-14(2)18-12-17(10-11-19(18)23-4)24(21,22)20-13-15(3)16-8-6-5-7-9-16/h5-12,14-15,20H,13H2,1-4H3. The van der Waals surface area contributed by atoms with Crippen LogP contribution in [0.5, 0.6) is 5.75 Å². The summed E-state index contributed by atoms with van der Waals surface area (Å²) in [7, 11) is -1.96. The third-order valence-corrected chi connectivity index (χ3v) is 5.50. The Labute approximate surface area is 144 Å². The monoisotopic (exact) mass is 347 g/mol. The van der Waals surface area contributed by atoms with Crippen molar-refractivity contribution >= 4 is 10.0 Å². The molecule has 0 aliphatic heterocycles. The van der Waals surface area contributed by atoms with Gasteiger partial charge in [-0.3, -0.25) is 0 Å². The van der Waals surface area contributed by atoms with Crippen molar-refractivity contribution in [1.82, 2.24) is 4.72 Å². The van der Waals surface area contributed by atoms with Gasteiger partial charge in [-0.25, -0.2) is 13.1 Å². The highest BCUT2D eigenvalue weighted by Gasteiger charge is 2.18. The largest absolute Gasteiger partial charge is 0.496 e. The molecule has 2 aromatic carbocycles. The predicted molar refractivity (Wildman–Crippen MR) is 97.1 cm³/mol. The molecule has 0 radical (unpaired) electrons. The Bertz CT molecular complexity index is 770. The minimum Gasteiger partial charge on any atom is -0.496 e. The zero-order valence-electron chi connectivity index (χ0n) is 14.6. The van der Waals surface area contributed by atoms with E-state index >= 15 is 0 Å². The molecule has 1 unspecified atom stereocenters. The first-order valence-electron chi connectivity index (χ1n) is 8.07. The highest BCUT2D eigenvalue weighted by atomic mass is 32.2. The molecule has 0 amide bonds. The Hall–Kier alpha value is -1.85. The Morgan fingerprint density at radius 3 is 2.29 bits per heavy atom. The number of rotatable bonds is 7. The average Bonchev–Trinajstić information content (AvgIpc) is 2.59. The first kappa shape index (κ1) is 18.5. The van der Waals surface area contributed by atoms with Crippen LogP contribution in [0.25, 0.3) is 0 Å². The van der Waals surface area contributed by atoms with Gasteiger partial charge in [0.05, 0.1) is 12.0 Å². The number of benzene rings is 2. The van der Waals surface area contributed by atoms with Crippen molar-refractivity contribution < 1.29 is 13.2 Å². The minimum atomic E-state index is -3.55. The maximum Gasteiger partial charge on any atom is 0.240 e. The van der Waals surface area contributed by atoms with Crippen molar-refractivity contribution in [2.75, 3.05) is 13.7 Å². The van der Waals surface area contributed by atoms with E-state index in [1.807, 2.05) is 51.1 Å². The van der Waals surface area contributed by atoms with E-state index in [2.05, 4.69) is 4.72 Å². The van der Waals surface area contributed by atoms with Crippen molar-refractivity contribution in [3.8, 4) is 5.75 Å². The maximum atomic E-state index is 12.6. The molecule has 0 fully saturated rings. The maximum absolute atomic E-state index is 12.6. The fraction of sp³-hybridized carbons (Fsp3) is 0.368. The van der Waals surface area contributed by atoms with Crippen molar-refractivity contribution in [3.05, 3.63) is 59.7 Å². The van der Waals surface area contributed by atoms with E-state index in [4.69, 9.17) is 4.74 Å². The predicted octanol–water partition coefficient (Wildman–Crippen LogP) is 3.90. The lowest BCUT2D eigenvalue weighted by molar-refractivity contribution is 0.407. The molecule has 0 heterocycles. The molecular weight excluding hydrogens is 322 g/mol. The molecule has 24 heavy (non-hydrogen) atoms. The van der Waals surface area contributed by atoms with Gasteiger partial charge < -0.3 is 4.74 Å². The van der Waals surface area contributed by atoms with Gasteiger partial charge in [-0.15, -0.1) is 0 Å². The van der Waals surface area contributed by atoms with Crippen LogP contribution in [-0.4, -0.2) is 22.1 Å². The highest BCUT2D eigenvalue weighted by Crippen LogP contribution is 2.29. The van der Waals surface area contributed by atoms with Crippen LogP contribution >= 0.6 is 0 Å². The van der Waals surface area contributed by atoms with Crippen LogP contribution in [0.3, 0.4) is 0 Å².